The third-order valence-electron chi connectivity index (χ3n) is 4.86. The van der Waals surface area contributed by atoms with Gasteiger partial charge in [0.1, 0.15) is 17.1 Å². The lowest BCUT2D eigenvalue weighted by atomic mass is 9.90. The number of ether oxygens (including phenoxy) is 1. The summed E-state index contributed by atoms with van der Waals surface area (Å²) >= 11 is 0. The van der Waals surface area contributed by atoms with Gasteiger partial charge in [-0.25, -0.2) is 0 Å². The first-order valence-corrected chi connectivity index (χ1v) is 9.07. The zero-order chi connectivity index (χ0) is 18.4. The van der Waals surface area contributed by atoms with Crippen molar-refractivity contribution < 1.29 is 14.6 Å². The van der Waals surface area contributed by atoms with Crippen LogP contribution < -0.4 is 10.1 Å². The molecular formula is C21H26N2O3. The fraction of sp³-hybridized carbons (Fsp3) is 0.381. The minimum atomic E-state index is -1.24. The second-order valence-corrected chi connectivity index (χ2v) is 6.86. The van der Waals surface area contributed by atoms with Crippen molar-refractivity contribution >= 4 is 5.91 Å². The summed E-state index contributed by atoms with van der Waals surface area (Å²) in [4.78, 5) is 14.5. The number of benzene rings is 2. The molecule has 1 amide bonds. The van der Waals surface area contributed by atoms with Crippen molar-refractivity contribution in [1.29, 1.82) is 0 Å². The van der Waals surface area contributed by atoms with Crippen molar-refractivity contribution in [3.05, 3.63) is 60.2 Å². The van der Waals surface area contributed by atoms with Crippen molar-refractivity contribution in [2.45, 2.75) is 24.9 Å². The average molecular weight is 354 g/mol. The first-order valence-electron chi connectivity index (χ1n) is 9.07. The largest absolute Gasteiger partial charge is 0.457 e. The molecule has 1 aliphatic rings. The Morgan fingerprint density at radius 1 is 1.12 bits per heavy atom. The zero-order valence-electron chi connectivity index (χ0n) is 15.1. The van der Waals surface area contributed by atoms with Crippen LogP contribution in [0.2, 0.25) is 0 Å². The van der Waals surface area contributed by atoms with Gasteiger partial charge in [0.25, 0.3) is 5.91 Å². The van der Waals surface area contributed by atoms with Crippen LogP contribution in [0.4, 0.5) is 0 Å². The topological polar surface area (TPSA) is 61.8 Å². The minimum Gasteiger partial charge on any atom is -0.457 e. The Labute approximate surface area is 154 Å². The fourth-order valence-corrected chi connectivity index (χ4v) is 3.12. The summed E-state index contributed by atoms with van der Waals surface area (Å²) in [5.41, 5.74) is -0.223. The third kappa shape index (κ3) is 4.62. The Hall–Kier alpha value is -2.37. The molecule has 3 rings (SSSR count). The molecule has 1 saturated heterocycles. The van der Waals surface area contributed by atoms with Gasteiger partial charge in [0.2, 0.25) is 0 Å². The number of hydrogen-bond acceptors (Lipinski definition) is 4. The van der Waals surface area contributed by atoms with Gasteiger partial charge in [-0.2, -0.15) is 0 Å². The van der Waals surface area contributed by atoms with E-state index < -0.39 is 5.60 Å². The van der Waals surface area contributed by atoms with E-state index in [0.29, 0.717) is 25.8 Å². The maximum atomic E-state index is 12.4. The molecule has 0 radical (unpaired) electrons. The predicted molar refractivity (Wildman–Crippen MR) is 101 cm³/mol. The van der Waals surface area contributed by atoms with E-state index in [-0.39, 0.29) is 5.91 Å². The van der Waals surface area contributed by atoms with Crippen molar-refractivity contribution in [2.75, 3.05) is 26.7 Å². The Morgan fingerprint density at radius 2 is 1.77 bits per heavy atom. The molecule has 1 heterocycles. The summed E-state index contributed by atoms with van der Waals surface area (Å²) < 4.78 is 5.95. The highest BCUT2D eigenvalue weighted by Crippen LogP contribution is 2.25. The molecule has 0 atom stereocenters. The molecule has 5 nitrogen and oxygen atoms in total. The summed E-state index contributed by atoms with van der Waals surface area (Å²) in [6, 6.07) is 17.4. The highest BCUT2D eigenvalue weighted by molar-refractivity contribution is 5.85. The highest BCUT2D eigenvalue weighted by Gasteiger charge is 2.38. The summed E-state index contributed by atoms with van der Waals surface area (Å²) in [7, 11) is 2.00. The molecule has 0 aromatic heterocycles. The van der Waals surface area contributed by atoms with Crippen LogP contribution in [-0.2, 0) is 11.2 Å². The second-order valence-electron chi connectivity index (χ2n) is 6.86. The van der Waals surface area contributed by atoms with Gasteiger partial charge in [-0.3, -0.25) is 4.79 Å². The van der Waals surface area contributed by atoms with Crippen LogP contribution in [0.1, 0.15) is 18.4 Å². The monoisotopic (exact) mass is 354 g/mol. The van der Waals surface area contributed by atoms with E-state index in [2.05, 4.69) is 10.2 Å². The van der Waals surface area contributed by atoms with Crippen LogP contribution in [-0.4, -0.2) is 48.2 Å². The van der Waals surface area contributed by atoms with Gasteiger partial charge in [-0.05, 0) is 50.1 Å². The van der Waals surface area contributed by atoms with Crippen LogP contribution in [0.25, 0.3) is 0 Å². The predicted octanol–water partition coefficient (Wildman–Crippen LogP) is 2.59. The number of nitrogens with zero attached hydrogens (tertiary/aromatic N) is 1. The summed E-state index contributed by atoms with van der Waals surface area (Å²) in [5.74, 6) is 1.29. The molecular weight excluding hydrogens is 328 g/mol. The van der Waals surface area contributed by atoms with Gasteiger partial charge in [-0.1, -0.05) is 36.4 Å². The molecule has 138 valence electrons. The molecule has 0 aliphatic carbocycles. The molecule has 2 aromatic carbocycles. The molecule has 0 saturated carbocycles. The number of aliphatic hydroxyl groups is 1. The molecule has 1 fully saturated rings. The molecule has 2 aromatic rings. The van der Waals surface area contributed by atoms with E-state index in [0.717, 1.165) is 30.2 Å². The number of carbonyl (C=O) groups is 1. The lowest BCUT2D eigenvalue weighted by Crippen LogP contribution is -2.53. The van der Waals surface area contributed by atoms with Crippen molar-refractivity contribution in [3.63, 3.8) is 0 Å². The number of hydrogen-bond donors (Lipinski definition) is 2. The van der Waals surface area contributed by atoms with Crippen LogP contribution in [0.5, 0.6) is 11.5 Å². The molecule has 2 N–H and O–H groups in total. The smallest absolute Gasteiger partial charge is 0.252 e. The van der Waals surface area contributed by atoms with Crippen LogP contribution in [0.15, 0.2) is 54.6 Å². The maximum Gasteiger partial charge on any atom is 0.252 e. The molecule has 0 bridgehead atoms. The number of para-hydroxylation sites is 2. The summed E-state index contributed by atoms with van der Waals surface area (Å²) in [6.45, 7) is 1.93. The zero-order valence-corrected chi connectivity index (χ0v) is 15.1. The Morgan fingerprint density at radius 3 is 2.50 bits per heavy atom. The Bertz CT molecular complexity index is 725. The second kappa shape index (κ2) is 8.34. The first kappa shape index (κ1) is 18.4. The van der Waals surface area contributed by atoms with Crippen molar-refractivity contribution in [1.82, 2.24) is 10.2 Å². The summed E-state index contributed by atoms with van der Waals surface area (Å²) in [6.07, 6.45) is 1.59. The lowest BCUT2D eigenvalue weighted by molar-refractivity contribution is -0.144. The van der Waals surface area contributed by atoms with E-state index in [4.69, 9.17) is 4.74 Å². The standard InChI is InChI=1S/C21H26N2O3/c1-23-15-12-21(25,13-16-23)20(24)22-14-11-17-7-5-6-10-19(17)26-18-8-3-2-4-9-18/h2-10,25H,11-16H2,1H3,(H,22,24). The van der Waals surface area contributed by atoms with Gasteiger partial charge < -0.3 is 20.1 Å². The Kier molecular flexibility index (Phi) is 5.91. The van der Waals surface area contributed by atoms with Crippen molar-refractivity contribution in [2.24, 2.45) is 0 Å². The molecule has 1 aliphatic heterocycles. The van der Waals surface area contributed by atoms with Crippen molar-refractivity contribution in [3.8, 4) is 11.5 Å². The lowest BCUT2D eigenvalue weighted by Gasteiger charge is -2.35. The van der Waals surface area contributed by atoms with E-state index in [9.17, 15) is 9.90 Å². The number of nitrogens with one attached hydrogen (secondary N) is 1. The van der Waals surface area contributed by atoms with E-state index in [1.54, 1.807) is 0 Å². The number of rotatable bonds is 6. The molecule has 0 unspecified atom stereocenters. The maximum absolute atomic E-state index is 12.4. The Balaban J connectivity index is 1.56. The SMILES string of the molecule is CN1CCC(O)(C(=O)NCCc2ccccc2Oc2ccccc2)CC1. The molecule has 5 heteroatoms. The van der Waals surface area contributed by atoms with Gasteiger partial charge >= 0.3 is 0 Å². The number of piperidine rings is 1. The number of carbonyl (C=O) groups excluding carboxylic acids is 1. The molecule has 26 heavy (non-hydrogen) atoms. The van der Waals surface area contributed by atoms with Gasteiger partial charge in [0.05, 0.1) is 0 Å². The van der Waals surface area contributed by atoms with Gasteiger partial charge in [-0.15, -0.1) is 0 Å². The third-order valence-corrected chi connectivity index (χ3v) is 4.86. The highest BCUT2D eigenvalue weighted by atomic mass is 16.5. The normalized spacial score (nSPS) is 16.8. The molecule has 0 spiro atoms. The van der Waals surface area contributed by atoms with Crippen LogP contribution in [0.3, 0.4) is 0 Å². The number of amides is 1. The van der Waals surface area contributed by atoms with Crippen LogP contribution >= 0.6 is 0 Å². The number of likely N-dealkylation sites (tertiary alicyclic amines) is 1. The van der Waals surface area contributed by atoms with Crippen LogP contribution in [0, 0.1) is 0 Å². The van der Waals surface area contributed by atoms with Gasteiger partial charge in [0, 0.05) is 19.6 Å². The summed E-state index contributed by atoms with van der Waals surface area (Å²) in [5, 5.41) is 13.4. The minimum absolute atomic E-state index is 0.271. The quantitative estimate of drug-likeness (QED) is 0.837. The first-order chi connectivity index (χ1) is 12.6. The van der Waals surface area contributed by atoms with E-state index >= 15 is 0 Å². The van der Waals surface area contributed by atoms with E-state index in [1.165, 1.54) is 0 Å². The van der Waals surface area contributed by atoms with Gasteiger partial charge in [0.15, 0.2) is 0 Å². The average Bonchev–Trinajstić information content (AvgIpc) is 2.66. The van der Waals surface area contributed by atoms with E-state index in [1.807, 2.05) is 61.6 Å². The fourth-order valence-electron chi connectivity index (χ4n) is 3.12.